The van der Waals surface area contributed by atoms with Crippen LogP contribution >= 0.6 is 24.0 Å². The fourth-order valence-corrected chi connectivity index (χ4v) is 4.48. The Kier molecular flexibility index (Phi) is 12.2. The van der Waals surface area contributed by atoms with Crippen LogP contribution in [-0.4, -0.2) is 73.6 Å². The van der Waals surface area contributed by atoms with E-state index in [1.807, 2.05) is 20.9 Å². The minimum Gasteiger partial charge on any atom is -0.444 e. The molecule has 8 heteroatoms. The molecule has 0 bridgehead atoms. The summed E-state index contributed by atoms with van der Waals surface area (Å²) >= 11 is 0. The number of aliphatic imine (C=N–C) groups is 1. The molecule has 1 aromatic rings. The van der Waals surface area contributed by atoms with E-state index in [4.69, 9.17) is 4.42 Å². The molecule has 2 N–H and O–H groups in total. The summed E-state index contributed by atoms with van der Waals surface area (Å²) in [4.78, 5) is 14.0. The average Bonchev–Trinajstić information content (AvgIpc) is 2.93. The molecule has 2 saturated heterocycles. The Bertz CT molecular complexity index is 629. The molecule has 2 fully saturated rings. The highest BCUT2D eigenvalue weighted by Gasteiger charge is 2.21. The Labute approximate surface area is 205 Å². The van der Waals surface area contributed by atoms with Gasteiger partial charge in [-0.3, -0.25) is 9.89 Å². The van der Waals surface area contributed by atoms with Crippen LogP contribution in [0.1, 0.15) is 62.3 Å². The quantitative estimate of drug-likeness (QED) is 0.225. The highest BCUT2D eigenvalue weighted by molar-refractivity contribution is 14.0. The largest absolute Gasteiger partial charge is 0.444 e. The van der Waals surface area contributed by atoms with Gasteiger partial charge in [-0.2, -0.15) is 0 Å². The normalized spacial score (nSPS) is 19.6. The van der Waals surface area contributed by atoms with Crippen LogP contribution in [0.3, 0.4) is 0 Å². The van der Waals surface area contributed by atoms with Gasteiger partial charge in [-0.05, 0) is 84.6 Å². The molecule has 0 aliphatic carbocycles. The molecule has 0 atom stereocenters. The second-order valence-electron chi connectivity index (χ2n) is 8.96. The molecule has 0 amide bonds. The van der Waals surface area contributed by atoms with Gasteiger partial charge in [0.25, 0.3) is 0 Å². The van der Waals surface area contributed by atoms with E-state index in [1.54, 1.807) is 0 Å². The van der Waals surface area contributed by atoms with Crippen LogP contribution in [0.25, 0.3) is 0 Å². The highest BCUT2D eigenvalue weighted by atomic mass is 127. The van der Waals surface area contributed by atoms with Gasteiger partial charge in [0.2, 0.25) is 5.89 Å². The third kappa shape index (κ3) is 9.26. The van der Waals surface area contributed by atoms with Gasteiger partial charge in [0.1, 0.15) is 5.76 Å². The first-order chi connectivity index (χ1) is 14.6. The molecular formula is C23H43IN6O. The van der Waals surface area contributed by atoms with Crippen molar-refractivity contribution in [1.82, 2.24) is 25.4 Å². The highest BCUT2D eigenvalue weighted by Crippen LogP contribution is 2.19. The molecule has 3 heterocycles. The molecule has 0 aromatic carbocycles. The smallest absolute Gasteiger partial charge is 0.208 e. The van der Waals surface area contributed by atoms with Crippen LogP contribution in [0, 0.1) is 19.8 Å². The summed E-state index contributed by atoms with van der Waals surface area (Å²) in [7, 11) is 1.87. The van der Waals surface area contributed by atoms with Crippen LogP contribution in [-0.2, 0) is 6.54 Å². The summed E-state index contributed by atoms with van der Waals surface area (Å²) in [5, 5.41) is 7.03. The zero-order valence-electron chi connectivity index (χ0n) is 19.8. The molecule has 178 valence electrons. The molecule has 31 heavy (non-hydrogen) atoms. The number of halogens is 1. The van der Waals surface area contributed by atoms with Gasteiger partial charge >= 0.3 is 0 Å². The summed E-state index contributed by atoms with van der Waals surface area (Å²) in [6, 6.07) is 0. The SMILES string of the molecule is CN=C(NCCCN1CCCCCC1)NCC1CCN(Cc2nc(C)c(C)o2)CC1.I. The van der Waals surface area contributed by atoms with Crippen LogP contribution < -0.4 is 10.6 Å². The number of guanidine groups is 1. The van der Waals surface area contributed by atoms with Crippen molar-refractivity contribution < 1.29 is 4.42 Å². The second kappa shape index (κ2) is 14.3. The summed E-state index contributed by atoms with van der Waals surface area (Å²) in [6.07, 6.45) is 9.14. The molecule has 3 rings (SSSR count). The van der Waals surface area contributed by atoms with E-state index < -0.39 is 0 Å². The van der Waals surface area contributed by atoms with Crippen molar-refractivity contribution in [2.75, 3.05) is 52.9 Å². The van der Waals surface area contributed by atoms with E-state index in [0.29, 0.717) is 5.92 Å². The van der Waals surface area contributed by atoms with E-state index in [1.165, 1.54) is 64.6 Å². The zero-order chi connectivity index (χ0) is 21.2. The molecule has 1 aromatic heterocycles. The number of oxazole rings is 1. The number of hydrogen-bond donors (Lipinski definition) is 2. The fraction of sp³-hybridized carbons (Fsp3) is 0.826. The van der Waals surface area contributed by atoms with E-state index in [2.05, 4.69) is 30.4 Å². The van der Waals surface area contributed by atoms with Crippen molar-refractivity contribution in [2.24, 2.45) is 10.9 Å². The lowest BCUT2D eigenvalue weighted by molar-refractivity contribution is 0.164. The Morgan fingerprint density at radius 3 is 2.35 bits per heavy atom. The summed E-state index contributed by atoms with van der Waals surface area (Å²) in [6.45, 7) is 12.8. The third-order valence-corrected chi connectivity index (χ3v) is 6.56. The van der Waals surface area contributed by atoms with Crippen molar-refractivity contribution in [3.8, 4) is 0 Å². The second-order valence-corrected chi connectivity index (χ2v) is 8.96. The Balaban J connectivity index is 0.00000341. The molecule has 0 spiro atoms. The Morgan fingerprint density at radius 2 is 1.74 bits per heavy atom. The van der Waals surface area contributed by atoms with Crippen LogP contribution in [0.2, 0.25) is 0 Å². The van der Waals surface area contributed by atoms with Crippen LogP contribution in [0.4, 0.5) is 0 Å². The minimum atomic E-state index is 0. The number of rotatable bonds is 8. The maximum Gasteiger partial charge on any atom is 0.208 e. The lowest BCUT2D eigenvalue weighted by Gasteiger charge is -2.31. The van der Waals surface area contributed by atoms with Crippen molar-refractivity contribution in [2.45, 2.75) is 65.3 Å². The average molecular weight is 547 g/mol. The first-order valence-corrected chi connectivity index (χ1v) is 12.0. The zero-order valence-corrected chi connectivity index (χ0v) is 22.1. The number of piperidine rings is 1. The predicted octanol–water partition coefficient (Wildman–Crippen LogP) is 3.55. The molecule has 0 saturated carbocycles. The van der Waals surface area contributed by atoms with Gasteiger partial charge < -0.3 is 20.0 Å². The number of aryl methyl sites for hydroxylation is 2. The van der Waals surface area contributed by atoms with Crippen molar-refractivity contribution >= 4 is 29.9 Å². The molecule has 2 aliphatic rings. The maximum atomic E-state index is 5.74. The van der Waals surface area contributed by atoms with Gasteiger partial charge in [-0.1, -0.05) is 12.8 Å². The number of likely N-dealkylation sites (tertiary alicyclic amines) is 2. The lowest BCUT2D eigenvalue weighted by atomic mass is 9.97. The van der Waals surface area contributed by atoms with E-state index in [9.17, 15) is 0 Å². The first kappa shape index (κ1) is 26.4. The standard InChI is InChI=1S/C23H42N6O.HI/c1-19-20(2)30-22(27-19)18-29-15-9-21(10-16-29)17-26-23(24-3)25-11-8-14-28-12-6-4-5-7-13-28;/h21H,4-18H2,1-3H3,(H2,24,25,26);1H. The van der Waals surface area contributed by atoms with E-state index in [0.717, 1.165) is 56.0 Å². The first-order valence-electron chi connectivity index (χ1n) is 12.0. The van der Waals surface area contributed by atoms with Crippen molar-refractivity contribution in [3.05, 3.63) is 17.3 Å². The van der Waals surface area contributed by atoms with E-state index >= 15 is 0 Å². The topological polar surface area (TPSA) is 68.9 Å². The monoisotopic (exact) mass is 546 g/mol. The lowest BCUT2D eigenvalue weighted by Crippen LogP contribution is -2.43. The summed E-state index contributed by atoms with van der Waals surface area (Å²) in [5.74, 6) is 3.43. The predicted molar refractivity (Wildman–Crippen MR) is 138 cm³/mol. The van der Waals surface area contributed by atoms with Crippen molar-refractivity contribution in [3.63, 3.8) is 0 Å². The number of hydrogen-bond acceptors (Lipinski definition) is 5. The number of aromatic nitrogens is 1. The minimum absolute atomic E-state index is 0. The summed E-state index contributed by atoms with van der Waals surface area (Å²) < 4.78 is 5.74. The molecule has 7 nitrogen and oxygen atoms in total. The molecular weight excluding hydrogens is 503 g/mol. The Morgan fingerprint density at radius 1 is 1.03 bits per heavy atom. The van der Waals surface area contributed by atoms with Gasteiger partial charge in [0.05, 0.1) is 12.2 Å². The molecule has 0 unspecified atom stereocenters. The third-order valence-electron chi connectivity index (χ3n) is 6.56. The molecule has 0 radical (unpaired) electrons. The Hall–Kier alpha value is -0.870. The van der Waals surface area contributed by atoms with Gasteiger partial charge in [0, 0.05) is 20.1 Å². The number of nitrogens with one attached hydrogen (secondary N) is 2. The van der Waals surface area contributed by atoms with Gasteiger partial charge in [-0.15, -0.1) is 24.0 Å². The maximum absolute atomic E-state index is 5.74. The van der Waals surface area contributed by atoms with Gasteiger partial charge in [0.15, 0.2) is 5.96 Å². The number of nitrogens with zero attached hydrogens (tertiary/aromatic N) is 4. The van der Waals surface area contributed by atoms with Crippen molar-refractivity contribution in [1.29, 1.82) is 0 Å². The van der Waals surface area contributed by atoms with Crippen LogP contribution in [0.5, 0.6) is 0 Å². The van der Waals surface area contributed by atoms with Gasteiger partial charge in [-0.25, -0.2) is 4.98 Å². The van der Waals surface area contributed by atoms with E-state index in [-0.39, 0.29) is 24.0 Å². The fourth-order valence-electron chi connectivity index (χ4n) is 4.48. The van der Waals surface area contributed by atoms with Crippen LogP contribution in [0.15, 0.2) is 9.41 Å². The molecule has 2 aliphatic heterocycles. The summed E-state index contributed by atoms with van der Waals surface area (Å²) in [5.41, 5.74) is 1.01.